The molecule has 6 aliphatic heterocycles. The number of pyridine rings is 2. The second-order valence-electron chi connectivity index (χ2n) is 40.5. The lowest BCUT2D eigenvalue weighted by Gasteiger charge is -2.34. The Morgan fingerprint density at radius 2 is 0.866 bits per heavy atom. The molecule has 28 nitrogen and oxygen atoms in total. The van der Waals surface area contributed by atoms with Crippen molar-refractivity contribution < 1.29 is 120 Å². The highest BCUT2D eigenvalue weighted by molar-refractivity contribution is 7.92. The number of nitrogens with zero attached hydrogens (tertiary/aromatic N) is 4. The number of fused-ring (bicyclic) bond motifs is 8. The molecule has 4 aromatic carbocycles. The normalized spacial score (nSPS) is 28.0. The van der Waals surface area contributed by atoms with Crippen LogP contribution in [0.3, 0.4) is 0 Å². The molecule has 0 bridgehead atoms. The minimum atomic E-state index is -4.04. The van der Waals surface area contributed by atoms with Crippen molar-refractivity contribution in [2.75, 3.05) is 53.7 Å². The number of halogens is 4. The molecule has 0 spiro atoms. The molecular weight excluding hydrogens is 1780 g/mol. The zero-order chi connectivity index (χ0) is 96.5. The van der Waals surface area contributed by atoms with Gasteiger partial charge in [-0.3, -0.25) is 47.8 Å². The number of ketones is 2. The van der Waals surface area contributed by atoms with Gasteiger partial charge in [-0.1, -0.05) is 52.0 Å². The summed E-state index contributed by atoms with van der Waals surface area (Å²) in [6.07, 6.45) is 9.92. The van der Waals surface area contributed by atoms with Crippen molar-refractivity contribution in [3.63, 3.8) is 0 Å². The molecule has 8 heterocycles. The van der Waals surface area contributed by atoms with Crippen molar-refractivity contribution >= 4 is 88.7 Å². The van der Waals surface area contributed by atoms with Crippen LogP contribution >= 0.6 is 0 Å². The number of amides is 4. The van der Waals surface area contributed by atoms with Crippen molar-refractivity contribution in [1.82, 2.24) is 29.2 Å². The fourth-order valence-electron chi connectivity index (χ4n) is 19.2. The maximum absolute atomic E-state index is 15.2. The number of aromatic nitrogens is 2. The zero-order valence-corrected chi connectivity index (χ0v) is 80.0. The predicted octanol–water partition coefficient (Wildman–Crippen LogP) is 16.0. The summed E-state index contributed by atoms with van der Waals surface area (Å²) in [6, 6.07) is 23.2. The number of hydrogen-bond acceptors (Lipinski definition) is 24. The lowest BCUT2D eigenvalue weighted by molar-refractivity contribution is -0.197. The minimum absolute atomic E-state index is 0.0240. The number of Topliss-reactive ketones (excluding diaryl/α,β-unsaturated/α-hetero) is 2. The second kappa shape index (κ2) is 37.5. The highest BCUT2D eigenvalue weighted by atomic mass is 32.2. The van der Waals surface area contributed by atoms with E-state index < -0.39 is 183 Å². The summed E-state index contributed by atoms with van der Waals surface area (Å²) in [5.41, 5.74) is -4.62. The van der Waals surface area contributed by atoms with Crippen LogP contribution < -0.4 is 47.3 Å². The molecule has 4 aliphatic carbocycles. The fourth-order valence-corrected chi connectivity index (χ4v) is 21.9. The number of sulfonamides is 2. The van der Waals surface area contributed by atoms with Gasteiger partial charge in [0, 0.05) is 61.4 Å². The first kappa shape index (κ1) is 97.9. The lowest BCUT2D eigenvalue weighted by atomic mass is 9.82. The largest absolute Gasteiger partial charge is 0.497 e. The van der Waals surface area contributed by atoms with E-state index in [4.69, 9.17) is 57.3 Å². The van der Waals surface area contributed by atoms with Crippen LogP contribution in [0.1, 0.15) is 199 Å². The number of nitrogens with one attached hydrogen (secondary N) is 2. The maximum atomic E-state index is 15.2. The van der Waals surface area contributed by atoms with E-state index in [1.54, 1.807) is 64.5 Å². The predicted molar refractivity (Wildman–Crippen MR) is 489 cm³/mol. The molecule has 0 radical (unpaired) electrons. The number of ether oxygens (including phenoxy) is 10. The third-order valence-corrected chi connectivity index (χ3v) is 33.8. The number of carbonyl (C=O) groups excluding carboxylic acids is 8. The molecule has 2 saturated heterocycles. The third kappa shape index (κ3) is 20.7. The van der Waals surface area contributed by atoms with E-state index >= 15 is 9.59 Å². The summed E-state index contributed by atoms with van der Waals surface area (Å²) in [6.45, 7) is 18.1. The van der Waals surface area contributed by atoms with E-state index in [0.29, 0.717) is 172 Å². The van der Waals surface area contributed by atoms with Gasteiger partial charge in [0.05, 0.1) is 95.8 Å². The monoisotopic (exact) mass is 1900 g/mol. The van der Waals surface area contributed by atoms with Gasteiger partial charge in [0.1, 0.15) is 50.1 Å². The SMILES string of the molecule is COc1ccc2c(OC3C[C@H]4C(=O)C[C@]5(C(=O)NS(=O)(=O)C6(C)CC6)C[C@H]5/C=C\CC[C@@H](C)C[C@@H](C)[C@H](CC(=O)OC(C)(C)C(C)(F)F)C(=O)N4C3)nc(-c3ccc4c(c3)OCCO4)cc2c1.COc1ccc2c(OC3C[C@H]4C(=O)C[C@]5(C(=O)NS(=O)(=O)C6(C)CC6)C[C@H]5/C=C\CC[C@H](C)C[C@@H](C)[C@H](CC(=O)OC(C)(C)C(C)(F)F)C(=O)N4C3)nc(-c3ccc4c(c3)OCCO4)cc2c1. The van der Waals surface area contributed by atoms with Crippen LogP contribution in [0.4, 0.5) is 17.6 Å². The molecule has 16 rings (SSSR count). The van der Waals surface area contributed by atoms with Gasteiger partial charge in [-0.2, -0.15) is 0 Å². The van der Waals surface area contributed by atoms with E-state index in [-0.39, 0.29) is 75.2 Å². The number of carbonyl (C=O) groups is 8. The van der Waals surface area contributed by atoms with Gasteiger partial charge in [-0.15, -0.1) is 0 Å². The molecule has 2 N–H and O–H groups in total. The zero-order valence-electron chi connectivity index (χ0n) is 78.4. The quantitative estimate of drug-likeness (QED) is 0.0362. The minimum Gasteiger partial charge on any atom is -0.497 e. The van der Waals surface area contributed by atoms with E-state index in [1.807, 2.05) is 101 Å². The van der Waals surface area contributed by atoms with Crippen LogP contribution in [0.2, 0.25) is 0 Å². The van der Waals surface area contributed by atoms with Crippen LogP contribution in [0, 0.1) is 58.2 Å². The average molecular weight is 1900 g/mol. The Balaban J connectivity index is 0.000000204. The first-order valence-electron chi connectivity index (χ1n) is 46.5. The number of esters is 2. The molecule has 724 valence electrons. The molecule has 134 heavy (non-hydrogen) atoms. The first-order chi connectivity index (χ1) is 63.1. The lowest BCUT2D eigenvalue weighted by Crippen LogP contribution is -2.49. The molecular formula is C100H122F4N6O22S2. The summed E-state index contributed by atoms with van der Waals surface area (Å²) in [7, 11) is -4.97. The average Bonchev–Trinajstić information content (AvgIpc) is 1.56. The Labute approximate surface area is 779 Å². The van der Waals surface area contributed by atoms with E-state index in [1.165, 1.54) is 9.80 Å². The Kier molecular flexibility index (Phi) is 27.4. The molecule has 6 aromatic rings. The Bertz CT molecular complexity index is 5540. The Morgan fingerprint density at radius 1 is 0.500 bits per heavy atom. The second-order valence-corrected chi connectivity index (χ2v) is 44.9. The fraction of sp³-hybridized carbons (Fsp3) is 0.580. The number of methoxy groups -OCH3 is 2. The summed E-state index contributed by atoms with van der Waals surface area (Å²) in [4.78, 5) is 129. The smallest absolute Gasteiger partial charge is 0.307 e. The van der Waals surface area contributed by atoms with Crippen LogP contribution in [0.15, 0.2) is 109 Å². The molecule has 4 saturated carbocycles. The summed E-state index contributed by atoms with van der Waals surface area (Å²) >= 11 is 0. The topological polar surface area (TPSA) is 353 Å². The Hall–Kier alpha value is -10.6. The number of rotatable bonds is 22. The van der Waals surface area contributed by atoms with Crippen LogP contribution in [0.25, 0.3) is 44.1 Å². The van der Waals surface area contributed by atoms with Gasteiger partial charge in [-0.25, -0.2) is 44.4 Å². The van der Waals surface area contributed by atoms with E-state index in [9.17, 15) is 63.2 Å². The van der Waals surface area contributed by atoms with Gasteiger partial charge >= 0.3 is 11.9 Å². The van der Waals surface area contributed by atoms with Gasteiger partial charge < -0.3 is 57.2 Å². The van der Waals surface area contributed by atoms with E-state index in [0.717, 1.165) is 38.5 Å². The maximum Gasteiger partial charge on any atom is 0.307 e. The van der Waals surface area contributed by atoms with Crippen molar-refractivity contribution in [3.05, 3.63) is 109 Å². The molecule has 34 heteroatoms. The molecule has 2 unspecified atom stereocenters. The Morgan fingerprint density at radius 3 is 1.22 bits per heavy atom. The first-order valence-corrected chi connectivity index (χ1v) is 49.5. The highest BCUT2D eigenvalue weighted by Crippen LogP contribution is 2.60. The molecule has 2 aromatic heterocycles. The number of hydrogen-bond donors (Lipinski definition) is 2. The number of alkyl halides is 4. The third-order valence-electron chi connectivity index (χ3n) is 29.5. The molecule has 10 aliphatic rings. The van der Waals surface area contributed by atoms with E-state index in [2.05, 4.69) is 9.44 Å². The summed E-state index contributed by atoms with van der Waals surface area (Å²) in [5, 5.41) is 2.70. The van der Waals surface area contributed by atoms with Gasteiger partial charge in [-0.05, 0) is 250 Å². The number of benzene rings is 4. The standard InChI is InChI=1S/2C50H61F2N3O11S/c2*1-29-10-8-9-11-33-26-50(33,46(59)54-67(60,61)48(5)16-17-48)27-40(56)39-24-35(28-55(39)45(58)37(30(2)20-29)25-43(57)66-47(3,4)49(6,51)52)65-44-36-14-13-34(62-7)21-32(36)22-38(53-44)31-12-15-41-42(23-31)64-19-18-63-41/h2*9,11-15,21-23,29-30,33,35,37,39H,8,10,16-20,24-28H2,1-7H3,(H,54,59)/b2*11-9-/t29-,30+,33+,35?,37-,39-,50+;29-,30-,33-,35?,37+,39+,50-/m01/s1. The van der Waals surface area contributed by atoms with Crippen molar-refractivity contribution in [2.45, 2.75) is 255 Å². The van der Waals surface area contributed by atoms with Gasteiger partial charge in [0.2, 0.25) is 55.4 Å². The summed E-state index contributed by atoms with van der Waals surface area (Å²) < 4.78 is 173. The van der Waals surface area contributed by atoms with Crippen LogP contribution in [0.5, 0.6) is 46.3 Å². The van der Waals surface area contributed by atoms with Gasteiger partial charge in [0.25, 0.3) is 11.8 Å². The molecule has 14 atom stereocenters. The highest BCUT2D eigenvalue weighted by Gasteiger charge is 2.65. The van der Waals surface area contributed by atoms with Crippen molar-refractivity contribution in [2.24, 2.45) is 58.2 Å². The summed E-state index contributed by atoms with van der Waals surface area (Å²) in [5.74, 6) is -12.2. The molecule has 6 fully saturated rings. The van der Waals surface area contributed by atoms with Crippen molar-refractivity contribution in [1.29, 1.82) is 0 Å². The molecule has 4 amide bonds. The van der Waals surface area contributed by atoms with Crippen molar-refractivity contribution in [3.8, 4) is 68.8 Å². The number of allylic oxidation sites excluding steroid dienone is 4. The van der Waals surface area contributed by atoms with Crippen LogP contribution in [-0.2, 0) is 67.9 Å². The van der Waals surface area contributed by atoms with Crippen LogP contribution in [-0.4, -0.2) is 194 Å². The van der Waals surface area contributed by atoms with Gasteiger partial charge in [0.15, 0.2) is 45.8 Å².